The number of carbonyl (C=O) groups is 2. The van der Waals surface area contributed by atoms with Crippen LogP contribution in [0.1, 0.15) is 380 Å². The van der Waals surface area contributed by atoms with Crippen molar-refractivity contribution >= 4 is 11.9 Å². The van der Waals surface area contributed by atoms with E-state index in [1.54, 1.807) is 0 Å². The Hall–Kier alpha value is -1.40. The first-order valence-corrected chi connectivity index (χ1v) is 33.4. The van der Waals surface area contributed by atoms with Crippen LogP contribution in [0.3, 0.4) is 0 Å². The maximum Gasteiger partial charge on any atom is 0.305 e. The molecular weight excluding hydrogens is 899 g/mol. The smallest absolute Gasteiger partial charge is 0.305 e. The Morgan fingerprint density at radius 2 is 0.658 bits per heavy atom. The van der Waals surface area contributed by atoms with Crippen molar-refractivity contribution < 1.29 is 24.5 Å². The van der Waals surface area contributed by atoms with Crippen molar-refractivity contribution in [2.45, 2.75) is 392 Å². The molecule has 0 radical (unpaired) electrons. The zero-order chi connectivity index (χ0) is 52.9. The third-order valence-electron chi connectivity index (χ3n) is 15.8. The Kier molecular flexibility index (Phi) is 61.9. The molecule has 0 aliphatic heterocycles. The third-order valence-corrected chi connectivity index (χ3v) is 15.8. The second kappa shape index (κ2) is 63.1. The summed E-state index contributed by atoms with van der Waals surface area (Å²) in [5.41, 5.74) is 0. The number of nitrogens with one attached hydrogen (secondary N) is 1. The summed E-state index contributed by atoms with van der Waals surface area (Å²) in [5, 5.41) is 23.3. The van der Waals surface area contributed by atoms with Gasteiger partial charge in [0.1, 0.15) is 0 Å². The maximum atomic E-state index is 12.5. The molecule has 2 unspecified atom stereocenters. The van der Waals surface area contributed by atoms with Crippen LogP contribution in [0.15, 0.2) is 12.2 Å². The molecule has 434 valence electrons. The summed E-state index contributed by atoms with van der Waals surface area (Å²) in [4.78, 5) is 24.5. The summed E-state index contributed by atoms with van der Waals surface area (Å²) in [6.07, 6.45) is 76.8. The first-order valence-electron chi connectivity index (χ1n) is 33.4. The standard InChI is InChI=1S/C67H131NO5/c1-3-5-7-9-11-13-15-16-33-36-40-43-47-51-55-59-65(70)64(63-69)68-66(71)60-56-52-48-44-41-37-34-31-29-27-25-23-21-19-17-18-20-22-24-26-28-30-32-35-38-42-46-50-54-58-62-73-67(72)61-57-53-49-45-39-14-12-10-8-6-4-2/h10,12,64-65,69-70H,3-9,11,13-63H2,1-2H3,(H,68,71)/b12-10-. The minimum absolute atomic E-state index is 0.00956. The Bertz CT molecular complexity index is 1100. The van der Waals surface area contributed by atoms with E-state index in [0.29, 0.717) is 25.9 Å². The Labute approximate surface area is 457 Å². The van der Waals surface area contributed by atoms with Gasteiger partial charge in [-0.1, -0.05) is 334 Å². The Balaban J connectivity index is 3.32. The number of ether oxygens (including phenoxy) is 1. The molecule has 0 aromatic rings. The molecule has 6 heteroatoms. The molecule has 2 atom stereocenters. The molecule has 0 aromatic carbocycles. The van der Waals surface area contributed by atoms with Crippen molar-refractivity contribution in [3.63, 3.8) is 0 Å². The Morgan fingerprint density at radius 1 is 0.370 bits per heavy atom. The fourth-order valence-corrected chi connectivity index (χ4v) is 10.7. The Morgan fingerprint density at radius 3 is 1.01 bits per heavy atom. The summed E-state index contributed by atoms with van der Waals surface area (Å²) in [6.45, 7) is 4.95. The average Bonchev–Trinajstić information content (AvgIpc) is 3.39. The first kappa shape index (κ1) is 71.6. The van der Waals surface area contributed by atoms with E-state index < -0.39 is 12.1 Å². The van der Waals surface area contributed by atoms with Gasteiger partial charge in [0, 0.05) is 12.8 Å². The summed E-state index contributed by atoms with van der Waals surface area (Å²) in [7, 11) is 0. The van der Waals surface area contributed by atoms with Crippen molar-refractivity contribution in [2.75, 3.05) is 13.2 Å². The van der Waals surface area contributed by atoms with Crippen LogP contribution < -0.4 is 5.32 Å². The molecule has 0 spiro atoms. The van der Waals surface area contributed by atoms with Gasteiger partial charge in [-0.3, -0.25) is 9.59 Å². The summed E-state index contributed by atoms with van der Waals surface area (Å²) in [5.74, 6) is -0.0185. The van der Waals surface area contributed by atoms with Crippen LogP contribution in [0, 0.1) is 0 Å². The van der Waals surface area contributed by atoms with Crippen LogP contribution in [-0.4, -0.2) is 47.4 Å². The van der Waals surface area contributed by atoms with Crippen LogP contribution in [0.25, 0.3) is 0 Å². The van der Waals surface area contributed by atoms with Crippen LogP contribution in [0.5, 0.6) is 0 Å². The zero-order valence-electron chi connectivity index (χ0n) is 49.6. The number of unbranched alkanes of at least 4 members (excludes halogenated alkanes) is 50. The summed E-state index contributed by atoms with van der Waals surface area (Å²) < 4.78 is 5.47. The maximum absolute atomic E-state index is 12.5. The fraction of sp³-hybridized carbons (Fsp3) is 0.940. The second-order valence-electron chi connectivity index (χ2n) is 23.2. The predicted octanol–water partition coefficient (Wildman–Crippen LogP) is 21.2. The molecule has 0 fully saturated rings. The number of allylic oxidation sites excluding steroid dienone is 2. The molecule has 0 aliphatic rings. The summed E-state index contributed by atoms with van der Waals surface area (Å²) in [6, 6.07) is -0.537. The zero-order valence-corrected chi connectivity index (χ0v) is 49.6. The molecule has 0 aliphatic carbocycles. The highest BCUT2D eigenvalue weighted by atomic mass is 16.5. The molecule has 0 aromatic heterocycles. The lowest BCUT2D eigenvalue weighted by Gasteiger charge is -2.22. The highest BCUT2D eigenvalue weighted by Gasteiger charge is 2.20. The van der Waals surface area contributed by atoms with Gasteiger partial charge >= 0.3 is 5.97 Å². The number of amides is 1. The second-order valence-corrected chi connectivity index (χ2v) is 23.2. The van der Waals surface area contributed by atoms with Crippen LogP contribution >= 0.6 is 0 Å². The van der Waals surface area contributed by atoms with E-state index in [2.05, 4.69) is 31.3 Å². The molecule has 0 saturated carbocycles. The monoisotopic (exact) mass is 1030 g/mol. The molecule has 1 amide bonds. The molecule has 3 N–H and O–H groups in total. The fourth-order valence-electron chi connectivity index (χ4n) is 10.7. The van der Waals surface area contributed by atoms with Gasteiger partial charge in [0.05, 0.1) is 25.4 Å². The number of hydrogen-bond donors (Lipinski definition) is 3. The third kappa shape index (κ3) is 59.7. The van der Waals surface area contributed by atoms with E-state index in [1.165, 1.54) is 302 Å². The van der Waals surface area contributed by atoms with Crippen molar-refractivity contribution in [1.82, 2.24) is 5.32 Å². The van der Waals surface area contributed by atoms with Gasteiger partial charge < -0.3 is 20.3 Å². The van der Waals surface area contributed by atoms with Crippen molar-refractivity contribution in [3.8, 4) is 0 Å². The van der Waals surface area contributed by atoms with Crippen molar-refractivity contribution in [3.05, 3.63) is 12.2 Å². The summed E-state index contributed by atoms with van der Waals surface area (Å²) >= 11 is 0. The molecule has 73 heavy (non-hydrogen) atoms. The largest absolute Gasteiger partial charge is 0.466 e. The minimum atomic E-state index is -0.660. The number of aliphatic hydroxyl groups excluding tert-OH is 2. The van der Waals surface area contributed by atoms with E-state index >= 15 is 0 Å². The lowest BCUT2D eigenvalue weighted by Crippen LogP contribution is -2.45. The number of esters is 1. The van der Waals surface area contributed by atoms with E-state index in [-0.39, 0.29) is 18.5 Å². The molecule has 6 nitrogen and oxygen atoms in total. The molecule has 0 rings (SSSR count). The highest BCUT2D eigenvalue weighted by Crippen LogP contribution is 2.19. The number of aliphatic hydroxyl groups is 2. The van der Waals surface area contributed by atoms with E-state index in [9.17, 15) is 19.8 Å². The highest BCUT2D eigenvalue weighted by molar-refractivity contribution is 5.76. The molecule has 0 saturated heterocycles. The van der Waals surface area contributed by atoms with Gasteiger partial charge in [-0.15, -0.1) is 0 Å². The van der Waals surface area contributed by atoms with Gasteiger partial charge in [-0.2, -0.15) is 0 Å². The average molecular weight is 1030 g/mol. The van der Waals surface area contributed by atoms with Crippen molar-refractivity contribution in [1.29, 1.82) is 0 Å². The lowest BCUT2D eigenvalue weighted by molar-refractivity contribution is -0.143. The van der Waals surface area contributed by atoms with Gasteiger partial charge in [0.15, 0.2) is 0 Å². The number of carbonyl (C=O) groups excluding carboxylic acids is 2. The normalized spacial score (nSPS) is 12.5. The SMILES string of the molecule is CCCC/C=C\CCCCCCCC(=O)OCCCCCCCCCCCCCCCCCCCCCCCCCCCCCCCCC(=O)NC(CO)C(O)CCCCCCCCCCCCCCCCC. The molecule has 0 heterocycles. The number of rotatable bonds is 63. The van der Waals surface area contributed by atoms with Gasteiger partial charge in [0.2, 0.25) is 5.91 Å². The minimum Gasteiger partial charge on any atom is -0.466 e. The van der Waals surface area contributed by atoms with Crippen LogP contribution in [-0.2, 0) is 14.3 Å². The van der Waals surface area contributed by atoms with Gasteiger partial charge in [-0.25, -0.2) is 0 Å². The number of hydrogen-bond acceptors (Lipinski definition) is 5. The van der Waals surface area contributed by atoms with Gasteiger partial charge in [-0.05, 0) is 44.9 Å². The molecular formula is C67H131NO5. The first-order chi connectivity index (χ1) is 36.0. The topological polar surface area (TPSA) is 95.9 Å². The quantitative estimate of drug-likeness (QED) is 0.0320. The van der Waals surface area contributed by atoms with E-state index in [0.717, 1.165) is 44.9 Å². The van der Waals surface area contributed by atoms with E-state index in [1.807, 2.05) is 0 Å². The van der Waals surface area contributed by atoms with Crippen LogP contribution in [0.4, 0.5) is 0 Å². The predicted molar refractivity (Wildman–Crippen MR) is 320 cm³/mol. The van der Waals surface area contributed by atoms with E-state index in [4.69, 9.17) is 4.74 Å². The lowest BCUT2D eigenvalue weighted by atomic mass is 10.0. The molecule has 0 bridgehead atoms. The van der Waals surface area contributed by atoms with Crippen LogP contribution in [0.2, 0.25) is 0 Å². The van der Waals surface area contributed by atoms with Gasteiger partial charge in [0.25, 0.3) is 0 Å². The van der Waals surface area contributed by atoms with Crippen molar-refractivity contribution in [2.24, 2.45) is 0 Å².